The predicted octanol–water partition coefficient (Wildman–Crippen LogP) is 1.79. The number of amides is 1. The number of hydrogen-bond acceptors (Lipinski definition) is 6. The van der Waals surface area contributed by atoms with Crippen molar-refractivity contribution < 1.29 is 9.32 Å². The van der Waals surface area contributed by atoms with Gasteiger partial charge in [0.05, 0.1) is 17.1 Å². The van der Waals surface area contributed by atoms with Crippen LogP contribution < -0.4 is 10.6 Å². The first kappa shape index (κ1) is 14.3. The van der Waals surface area contributed by atoms with E-state index in [-0.39, 0.29) is 12.5 Å². The first-order chi connectivity index (χ1) is 9.60. The van der Waals surface area contributed by atoms with Crippen LogP contribution in [0.25, 0.3) is 0 Å². The number of rotatable bonds is 5. The molecule has 0 radical (unpaired) electrons. The monoisotopic (exact) mass is 295 g/mol. The summed E-state index contributed by atoms with van der Waals surface area (Å²) in [5, 5.41) is 9.68. The van der Waals surface area contributed by atoms with Crippen molar-refractivity contribution >= 4 is 23.3 Å². The van der Waals surface area contributed by atoms with Crippen LogP contribution in [0.4, 0.5) is 5.82 Å². The van der Waals surface area contributed by atoms with Crippen LogP contribution >= 0.6 is 11.6 Å². The fraction of sp³-hybridized carbons (Fsp3) is 0.333. The van der Waals surface area contributed by atoms with Gasteiger partial charge in [0.15, 0.2) is 5.82 Å². The van der Waals surface area contributed by atoms with Crippen molar-refractivity contribution in [2.24, 2.45) is 0 Å². The molecule has 0 aromatic carbocycles. The minimum absolute atomic E-state index is 0.159. The first-order valence-corrected chi connectivity index (χ1v) is 6.44. The fourth-order valence-corrected chi connectivity index (χ4v) is 1.76. The molecule has 0 aliphatic heterocycles. The molecule has 0 saturated heterocycles. The number of pyridine rings is 1. The van der Waals surface area contributed by atoms with Gasteiger partial charge in [-0.1, -0.05) is 16.8 Å². The SMILES string of the molecule is CCNc1ncc(C(=O)NCc2nc(C)no2)cc1Cl. The first-order valence-electron chi connectivity index (χ1n) is 6.07. The molecule has 0 spiro atoms. The van der Waals surface area contributed by atoms with E-state index < -0.39 is 0 Å². The topological polar surface area (TPSA) is 92.9 Å². The van der Waals surface area contributed by atoms with E-state index in [1.165, 1.54) is 6.20 Å². The minimum atomic E-state index is -0.307. The van der Waals surface area contributed by atoms with Crippen molar-refractivity contribution in [3.8, 4) is 0 Å². The number of aryl methyl sites for hydroxylation is 1. The average Bonchev–Trinajstić information content (AvgIpc) is 2.84. The molecule has 2 aromatic rings. The van der Waals surface area contributed by atoms with Crippen LogP contribution in [0.1, 0.15) is 29.0 Å². The number of carbonyl (C=O) groups excluding carboxylic acids is 1. The molecule has 2 aromatic heterocycles. The molecule has 0 aliphatic rings. The van der Waals surface area contributed by atoms with Crippen molar-refractivity contribution in [2.75, 3.05) is 11.9 Å². The molecule has 8 heteroatoms. The lowest BCUT2D eigenvalue weighted by Crippen LogP contribution is -2.23. The zero-order chi connectivity index (χ0) is 14.5. The summed E-state index contributed by atoms with van der Waals surface area (Å²) in [4.78, 5) is 20.0. The molecule has 7 nitrogen and oxygen atoms in total. The van der Waals surface area contributed by atoms with Crippen LogP contribution in [0.15, 0.2) is 16.8 Å². The quantitative estimate of drug-likeness (QED) is 0.873. The van der Waals surface area contributed by atoms with Crippen LogP contribution in [0, 0.1) is 6.92 Å². The third-order valence-corrected chi connectivity index (χ3v) is 2.71. The molecule has 1 amide bonds. The molecule has 0 saturated carbocycles. The maximum atomic E-state index is 11.9. The predicted molar refractivity (Wildman–Crippen MR) is 73.6 cm³/mol. The normalized spacial score (nSPS) is 10.3. The van der Waals surface area contributed by atoms with Gasteiger partial charge in [-0.15, -0.1) is 0 Å². The van der Waals surface area contributed by atoms with E-state index in [9.17, 15) is 4.79 Å². The maximum Gasteiger partial charge on any atom is 0.253 e. The summed E-state index contributed by atoms with van der Waals surface area (Å²) < 4.78 is 4.90. The maximum absolute atomic E-state index is 11.9. The third kappa shape index (κ3) is 3.45. The third-order valence-electron chi connectivity index (χ3n) is 2.42. The summed E-state index contributed by atoms with van der Waals surface area (Å²) in [5.41, 5.74) is 0.368. The molecule has 0 aliphatic carbocycles. The van der Waals surface area contributed by atoms with Gasteiger partial charge in [0, 0.05) is 12.7 Å². The van der Waals surface area contributed by atoms with E-state index in [0.29, 0.717) is 34.7 Å². The van der Waals surface area contributed by atoms with Gasteiger partial charge < -0.3 is 15.2 Å². The van der Waals surface area contributed by atoms with Gasteiger partial charge in [-0.3, -0.25) is 4.79 Å². The number of aromatic nitrogens is 3. The van der Waals surface area contributed by atoms with Gasteiger partial charge in [0.1, 0.15) is 5.82 Å². The molecule has 2 heterocycles. The highest BCUT2D eigenvalue weighted by atomic mass is 35.5. The van der Waals surface area contributed by atoms with Crippen LogP contribution in [0.2, 0.25) is 5.02 Å². The van der Waals surface area contributed by atoms with Gasteiger partial charge in [-0.2, -0.15) is 4.98 Å². The average molecular weight is 296 g/mol. The standard InChI is InChI=1S/C12H14ClN5O2/c1-3-14-11-9(13)4-8(5-15-11)12(19)16-6-10-17-7(2)18-20-10/h4-5H,3,6H2,1-2H3,(H,14,15)(H,16,19). The minimum Gasteiger partial charge on any atom is -0.369 e. The Kier molecular flexibility index (Phi) is 4.52. The van der Waals surface area contributed by atoms with Crippen LogP contribution in [0.5, 0.6) is 0 Å². The van der Waals surface area contributed by atoms with E-state index in [1.807, 2.05) is 6.92 Å². The number of carbonyl (C=O) groups is 1. The Hall–Kier alpha value is -2.15. The van der Waals surface area contributed by atoms with Crippen molar-refractivity contribution in [3.63, 3.8) is 0 Å². The zero-order valence-corrected chi connectivity index (χ0v) is 11.9. The largest absolute Gasteiger partial charge is 0.369 e. The molecule has 2 N–H and O–H groups in total. The summed E-state index contributed by atoms with van der Waals surface area (Å²) in [6.07, 6.45) is 1.46. The van der Waals surface area contributed by atoms with Crippen molar-refractivity contribution in [3.05, 3.63) is 34.6 Å². The van der Waals surface area contributed by atoms with Crippen LogP contribution in [-0.4, -0.2) is 27.6 Å². The molecule has 106 valence electrons. The summed E-state index contributed by atoms with van der Waals surface area (Å²) in [6.45, 7) is 4.50. The summed E-state index contributed by atoms with van der Waals surface area (Å²) in [5.74, 6) is 1.12. The fourth-order valence-electron chi connectivity index (χ4n) is 1.53. The Morgan fingerprint density at radius 2 is 2.30 bits per heavy atom. The highest BCUT2D eigenvalue weighted by Gasteiger charge is 2.11. The highest BCUT2D eigenvalue weighted by Crippen LogP contribution is 2.19. The molecule has 2 rings (SSSR count). The lowest BCUT2D eigenvalue weighted by molar-refractivity contribution is 0.0946. The number of hydrogen-bond donors (Lipinski definition) is 2. The molecular weight excluding hydrogens is 282 g/mol. The van der Waals surface area contributed by atoms with Gasteiger partial charge in [-0.05, 0) is 19.9 Å². The van der Waals surface area contributed by atoms with Crippen LogP contribution in [0.3, 0.4) is 0 Å². The Labute approximate surface area is 120 Å². The molecule has 20 heavy (non-hydrogen) atoms. The Morgan fingerprint density at radius 1 is 1.50 bits per heavy atom. The molecule has 0 fully saturated rings. The van der Waals surface area contributed by atoms with E-state index in [2.05, 4.69) is 25.8 Å². The number of nitrogens with zero attached hydrogens (tertiary/aromatic N) is 3. The molecule has 0 bridgehead atoms. The van der Waals surface area contributed by atoms with Gasteiger partial charge in [0.2, 0.25) is 5.89 Å². The Balaban J connectivity index is 2.00. The van der Waals surface area contributed by atoms with Crippen molar-refractivity contribution in [1.82, 2.24) is 20.4 Å². The Bertz CT molecular complexity index is 614. The van der Waals surface area contributed by atoms with Crippen molar-refractivity contribution in [1.29, 1.82) is 0 Å². The molecule has 0 unspecified atom stereocenters. The molecule has 0 atom stereocenters. The molecular formula is C12H14ClN5O2. The second kappa shape index (κ2) is 6.33. The lowest BCUT2D eigenvalue weighted by atomic mass is 10.2. The smallest absolute Gasteiger partial charge is 0.253 e. The van der Waals surface area contributed by atoms with Crippen LogP contribution in [-0.2, 0) is 6.54 Å². The summed E-state index contributed by atoms with van der Waals surface area (Å²) in [7, 11) is 0. The van der Waals surface area contributed by atoms with E-state index >= 15 is 0 Å². The van der Waals surface area contributed by atoms with E-state index in [0.717, 1.165) is 0 Å². The zero-order valence-electron chi connectivity index (χ0n) is 11.1. The number of nitrogens with one attached hydrogen (secondary N) is 2. The second-order valence-electron chi connectivity index (χ2n) is 4.00. The van der Waals surface area contributed by atoms with Gasteiger partial charge >= 0.3 is 0 Å². The highest BCUT2D eigenvalue weighted by molar-refractivity contribution is 6.33. The lowest BCUT2D eigenvalue weighted by Gasteiger charge is -2.07. The van der Waals surface area contributed by atoms with E-state index in [4.69, 9.17) is 16.1 Å². The Morgan fingerprint density at radius 3 is 2.90 bits per heavy atom. The van der Waals surface area contributed by atoms with Crippen molar-refractivity contribution in [2.45, 2.75) is 20.4 Å². The second-order valence-corrected chi connectivity index (χ2v) is 4.41. The van der Waals surface area contributed by atoms with Gasteiger partial charge in [0.25, 0.3) is 5.91 Å². The van der Waals surface area contributed by atoms with Gasteiger partial charge in [-0.25, -0.2) is 4.98 Å². The number of anilines is 1. The summed E-state index contributed by atoms with van der Waals surface area (Å²) in [6, 6.07) is 1.56. The van der Waals surface area contributed by atoms with E-state index in [1.54, 1.807) is 13.0 Å². The summed E-state index contributed by atoms with van der Waals surface area (Å²) >= 11 is 6.03. The number of halogens is 1.